The van der Waals surface area contributed by atoms with E-state index in [9.17, 15) is 9.90 Å². The van der Waals surface area contributed by atoms with Gasteiger partial charge in [0.05, 0.1) is 0 Å². The average Bonchev–Trinajstić information content (AvgIpc) is 2.95. The molecule has 0 aromatic heterocycles. The highest BCUT2D eigenvalue weighted by Gasteiger charge is 2.45. The Bertz CT molecular complexity index is 734. The second-order valence-corrected chi connectivity index (χ2v) is 9.35. The Morgan fingerprint density at radius 2 is 1.81 bits per heavy atom. The van der Waals surface area contributed by atoms with E-state index in [4.69, 9.17) is 4.74 Å². The number of piperidine rings is 1. The number of fused-ring (bicyclic) bond motifs is 2. The summed E-state index contributed by atoms with van der Waals surface area (Å²) in [6, 6.07) is 8.15. The highest BCUT2D eigenvalue weighted by molar-refractivity contribution is 14.0. The molecule has 2 unspecified atom stereocenters. The summed E-state index contributed by atoms with van der Waals surface area (Å²) in [4.78, 5) is 18.9. The second kappa shape index (κ2) is 11.2. The summed E-state index contributed by atoms with van der Waals surface area (Å²) >= 11 is 0. The third-order valence-electron chi connectivity index (χ3n) is 5.77. The van der Waals surface area contributed by atoms with E-state index < -0.39 is 5.60 Å². The third kappa shape index (κ3) is 7.43. The second-order valence-electron chi connectivity index (χ2n) is 9.35. The third-order valence-corrected chi connectivity index (χ3v) is 5.77. The van der Waals surface area contributed by atoms with E-state index in [2.05, 4.69) is 15.6 Å². The lowest BCUT2D eigenvalue weighted by molar-refractivity contribution is 0.00545. The zero-order valence-corrected chi connectivity index (χ0v) is 21.4. The number of benzene rings is 1. The number of aromatic hydroxyl groups is 1. The number of amides is 1. The molecular formula is C23H37IN4O3. The SMILES string of the molecule is CN=C(NCCCc1ccc(O)cc1)NC1CC2CCC(C1)N2C(=O)OC(C)(C)C.I. The van der Waals surface area contributed by atoms with Gasteiger partial charge in [-0.25, -0.2) is 4.79 Å². The van der Waals surface area contributed by atoms with Gasteiger partial charge in [0, 0.05) is 31.7 Å². The van der Waals surface area contributed by atoms with Crippen LogP contribution in [0.2, 0.25) is 0 Å². The fraction of sp³-hybridized carbons (Fsp3) is 0.652. The number of halogens is 1. The number of hydrogen-bond acceptors (Lipinski definition) is 4. The van der Waals surface area contributed by atoms with Crippen molar-refractivity contribution in [3.05, 3.63) is 29.8 Å². The number of carbonyl (C=O) groups is 1. The van der Waals surface area contributed by atoms with Gasteiger partial charge in [-0.1, -0.05) is 12.1 Å². The van der Waals surface area contributed by atoms with E-state index in [0.29, 0.717) is 11.8 Å². The summed E-state index contributed by atoms with van der Waals surface area (Å²) in [5.74, 6) is 1.11. The monoisotopic (exact) mass is 544 g/mol. The Hall–Kier alpha value is -1.71. The van der Waals surface area contributed by atoms with E-state index in [1.165, 1.54) is 5.56 Å². The summed E-state index contributed by atoms with van der Waals surface area (Å²) in [6.07, 6.45) is 5.68. The molecule has 3 rings (SSSR count). The molecule has 1 aromatic carbocycles. The molecule has 0 radical (unpaired) electrons. The number of rotatable bonds is 5. The molecule has 1 aromatic rings. The van der Waals surface area contributed by atoms with Crippen molar-refractivity contribution in [3.8, 4) is 5.75 Å². The Kier molecular flexibility index (Phi) is 9.27. The van der Waals surface area contributed by atoms with Crippen molar-refractivity contribution in [1.82, 2.24) is 15.5 Å². The van der Waals surface area contributed by atoms with Crippen LogP contribution in [0.1, 0.15) is 58.4 Å². The summed E-state index contributed by atoms with van der Waals surface area (Å²) < 4.78 is 5.62. The molecule has 0 aliphatic carbocycles. The summed E-state index contributed by atoms with van der Waals surface area (Å²) in [7, 11) is 1.79. The predicted octanol–water partition coefficient (Wildman–Crippen LogP) is 4.04. The lowest BCUT2D eigenvalue weighted by Gasteiger charge is -2.40. The maximum Gasteiger partial charge on any atom is 0.410 e. The van der Waals surface area contributed by atoms with Gasteiger partial charge in [0.25, 0.3) is 0 Å². The van der Waals surface area contributed by atoms with Gasteiger partial charge in [-0.2, -0.15) is 0 Å². The number of aliphatic imine (C=N–C) groups is 1. The molecule has 3 N–H and O–H groups in total. The summed E-state index contributed by atoms with van der Waals surface area (Å²) in [6.45, 7) is 6.57. The molecular weight excluding hydrogens is 507 g/mol. The van der Waals surface area contributed by atoms with Crippen LogP contribution in [0.15, 0.2) is 29.3 Å². The van der Waals surface area contributed by atoms with Crippen LogP contribution < -0.4 is 10.6 Å². The quantitative estimate of drug-likeness (QED) is 0.226. The molecule has 2 bridgehead atoms. The fourth-order valence-electron chi connectivity index (χ4n) is 4.46. The number of hydrogen-bond donors (Lipinski definition) is 3. The lowest BCUT2D eigenvalue weighted by atomic mass is 9.98. The predicted molar refractivity (Wildman–Crippen MR) is 134 cm³/mol. The normalized spacial score (nSPS) is 23.2. The van der Waals surface area contributed by atoms with E-state index in [-0.39, 0.29) is 42.2 Å². The zero-order valence-electron chi connectivity index (χ0n) is 19.1. The molecule has 2 atom stereocenters. The number of guanidine groups is 1. The molecule has 1 amide bonds. The van der Waals surface area contributed by atoms with Crippen LogP contribution in [-0.4, -0.2) is 59.4 Å². The van der Waals surface area contributed by atoms with E-state index >= 15 is 0 Å². The maximum atomic E-state index is 12.6. The van der Waals surface area contributed by atoms with Crippen LogP contribution in [-0.2, 0) is 11.2 Å². The van der Waals surface area contributed by atoms with Crippen LogP contribution in [0, 0.1) is 0 Å². The molecule has 2 aliphatic heterocycles. The van der Waals surface area contributed by atoms with Crippen molar-refractivity contribution in [3.63, 3.8) is 0 Å². The van der Waals surface area contributed by atoms with Crippen molar-refractivity contribution in [2.24, 2.45) is 4.99 Å². The Morgan fingerprint density at radius 3 is 2.35 bits per heavy atom. The lowest BCUT2D eigenvalue weighted by Crippen LogP contribution is -2.55. The number of phenolic OH excluding ortho intramolecular Hbond substituents is 1. The first-order valence-corrected chi connectivity index (χ1v) is 11.0. The van der Waals surface area contributed by atoms with Gasteiger partial charge in [-0.3, -0.25) is 4.99 Å². The Labute approximate surface area is 203 Å². The number of ether oxygens (including phenoxy) is 1. The van der Waals surface area contributed by atoms with E-state index in [0.717, 1.165) is 51.0 Å². The first-order valence-electron chi connectivity index (χ1n) is 11.0. The minimum atomic E-state index is -0.461. The van der Waals surface area contributed by atoms with Crippen molar-refractivity contribution in [1.29, 1.82) is 0 Å². The summed E-state index contributed by atoms with van der Waals surface area (Å²) in [5, 5.41) is 16.3. The molecule has 8 heteroatoms. The first-order chi connectivity index (χ1) is 14.2. The molecule has 31 heavy (non-hydrogen) atoms. The van der Waals surface area contributed by atoms with Gasteiger partial charge >= 0.3 is 6.09 Å². The molecule has 0 spiro atoms. The molecule has 2 aliphatic rings. The molecule has 2 heterocycles. The van der Waals surface area contributed by atoms with Gasteiger partial charge in [0.15, 0.2) is 5.96 Å². The van der Waals surface area contributed by atoms with Crippen molar-refractivity contribution in [2.45, 2.75) is 83.0 Å². The molecule has 2 fully saturated rings. The largest absolute Gasteiger partial charge is 0.508 e. The van der Waals surface area contributed by atoms with Crippen molar-refractivity contribution >= 4 is 36.0 Å². The molecule has 174 valence electrons. The Morgan fingerprint density at radius 1 is 1.19 bits per heavy atom. The van der Waals surface area contributed by atoms with Crippen LogP contribution in [0.5, 0.6) is 5.75 Å². The van der Waals surface area contributed by atoms with Crippen LogP contribution >= 0.6 is 24.0 Å². The molecule has 0 saturated carbocycles. The minimum absolute atomic E-state index is 0. The maximum absolute atomic E-state index is 12.6. The van der Waals surface area contributed by atoms with E-state index in [1.54, 1.807) is 19.2 Å². The van der Waals surface area contributed by atoms with Crippen LogP contribution in [0.4, 0.5) is 4.79 Å². The number of nitrogens with zero attached hydrogens (tertiary/aromatic N) is 2. The average molecular weight is 544 g/mol. The van der Waals surface area contributed by atoms with Crippen molar-refractivity contribution < 1.29 is 14.6 Å². The topological polar surface area (TPSA) is 86.2 Å². The molecule has 7 nitrogen and oxygen atoms in total. The minimum Gasteiger partial charge on any atom is -0.508 e. The van der Waals surface area contributed by atoms with Gasteiger partial charge in [-0.15, -0.1) is 24.0 Å². The number of nitrogens with one attached hydrogen (secondary N) is 2. The van der Waals surface area contributed by atoms with Gasteiger partial charge in [0.2, 0.25) is 0 Å². The highest BCUT2D eigenvalue weighted by atomic mass is 127. The van der Waals surface area contributed by atoms with Crippen LogP contribution in [0.25, 0.3) is 0 Å². The van der Waals surface area contributed by atoms with Gasteiger partial charge in [0.1, 0.15) is 11.4 Å². The number of carbonyl (C=O) groups excluding carboxylic acids is 1. The number of phenols is 1. The molecule has 2 saturated heterocycles. The first kappa shape index (κ1) is 25.5. The number of aryl methyl sites for hydroxylation is 1. The zero-order chi connectivity index (χ0) is 21.7. The summed E-state index contributed by atoms with van der Waals surface area (Å²) in [5.41, 5.74) is 0.751. The Balaban J connectivity index is 0.00000341. The van der Waals surface area contributed by atoms with Crippen molar-refractivity contribution in [2.75, 3.05) is 13.6 Å². The highest BCUT2D eigenvalue weighted by Crippen LogP contribution is 2.36. The van der Waals surface area contributed by atoms with Crippen LogP contribution in [0.3, 0.4) is 0 Å². The smallest absolute Gasteiger partial charge is 0.410 e. The van der Waals surface area contributed by atoms with Gasteiger partial charge in [-0.05, 0) is 77.0 Å². The standard InChI is InChI=1S/C23H36N4O3.HI/c1-23(2,3)30-22(29)27-18-9-10-19(27)15-17(14-18)26-21(24-4)25-13-5-6-16-7-11-20(28)12-8-16;/h7-8,11-12,17-19,28H,5-6,9-10,13-15H2,1-4H3,(H2,24,25,26);1H. The van der Waals surface area contributed by atoms with Gasteiger partial charge < -0.3 is 25.4 Å². The fourth-order valence-corrected chi connectivity index (χ4v) is 4.46. The van der Waals surface area contributed by atoms with E-state index in [1.807, 2.05) is 37.8 Å².